The first-order valence-corrected chi connectivity index (χ1v) is 35.1. The van der Waals surface area contributed by atoms with Gasteiger partial charge in [-0.05, 0) is 70.6 Å². The van der Waals surface area contributed by atoms with Crippen molar-refractivity contribution in [2.24, 2.45) is 0 Å². The van der Waals surface area contributed by atoms with Crippen molar-refractivity contribution in [1.29, 1.82) is 0 Å². The van der Waals surface area contributed by atoms with E-state index in [9.17, 15) is 14.4 Å². The summed E-state index contributed by atoms with van der Waals surface area (Å²) in [4.78, 5) is 38.5. The van der Waals surface area contributed by atoms with E-state index in [1.54, 1.807) is 0 Å². The van der Waals surface area contributed by atoms with Crippen LogP contribution in [0.15, 0.2) is 85.1 Å². The van der Waals surface area contributed by atoms with E-state index in [-0.39, 0.29) is 37.5 Å². The molecule has 81 heavy (non-hydrogen) atoms. The van der Waals surface area contributed by atoms with Gasteiger partial charge < -0.3 is 14.2 Å². The summed E-state index contributed by atoms with van der Waals surface area (Å²) in [6, 6.07) is 0. The summed E-state index contributed by atoms with van der Waals surface area (Å²) in [5.41, 5.74) is 0. The summed E-state index contributed by atoms with van der Waals surface area (Å²) >= 11 is 0. The molecule has 1 unspecified atom stereocenters. The highest BCUT2D eigenvalue weighted by atomic mass is 16.6. The lowest BCUT2D eigenvalue weighted by atomic mass is 10.0. The van der Waals surface area contributed by atoms with Crippen LogP contribution in [0.5, 0.6) is 0 Å². The second-order valence-electron chi connectivity index (χ2n) is 23.4. The maximum absolute atomic E-state index is 13.0. The average molecular weight is 1130 g/mol. The number of carbonyl (C=O) groups excluding carboxylic acids is 3. The van der Waals surface area contributed by atoms with Crippen LogP contribution in [0.4, 0.5) is 0 Å². The highest BCUT2D eigenvalue weighted by molar-refractivity contribution is 5.71. The Bertz CT molecular complexity index is 1530. The van der Waals surface area contributed by atoms with Crippen LogP contribution in [-0.4, -0.2) is 37.2 Å². The van der Waals surface area contributed by atoms with Crippen molar-refractivity contribution in [2.75, 3.05) is 13.2 Å². The fourth-order valence-corrected chi connectivity index (χ4v) is 10.2. The number of ether oxygens (including phenoxy) is 3. The monoisotopic (exact) mass is 1130 g/mol. The van der Waals surface area contributed by atoms with Crippen LogP contribution in [-0.2, 0) is 28.6 Å². The van der Waals surface area contributed by atoms with E-state index in [0.717, 1.165) is 89.9 Å². The Kier molecular flexibility index (Phi) is 66.2. The quantitative estimate of drug-likeness (QED) is 0.0261. The predicted octanol–water partition coefficient (Wildman–Crippen LogP) is 24.2. The smallest absolute Gasteiger partial charge is 0.306 e. The van der Waals surface area contributed by atoms with E-state index >= 15 is 0 Å². The SMILES string of the molecule is CC/C=C\C/C=C\C/C=C\C/C=C\C/C=C\C/C=C\C/C=C\CCCC(=O)OCC(COC(=O)CCCCCCCCCCCCCCCCCCCCCC)OC(=O)CCCCCCCCCCCCCCCCCCCCCC. The Morgan fingerprint density at radius 1 is 0.259 bits per heavy atom. The number of carbonyl (C=O) groups is 3. The molecule has 0 bridgehead atoms. The topological polar surface area (TPSA) is 78.9 Å². The van der Waals surface area contributed by atoms with Crippen LogP contribution in [0.25, 0.3) is 0 Å². The molecule has 0 N–H and O–H groups in total. The second-order valence-corrected chi connectivity index (χ2v) is 23.4. The van der Waals surface area contributed by atoms with E-state index in [1.165, 1.54) is 218 Å². The third-order valence-corrected chi connectivity index (χ3v) is 15.4. The molecule has 0 radical (unpaired) electrons. The summed E-state index contributed by atoms with van der Waals surface area (Å²) in [5, 5.41) is 0. The molecule has 1 atom stereocenters. The maximum Gasteiger partial charge on any atom is 0.306 e. The molecule has 0 fully saturated rings. The van der Waals surface area contributed by atoms with E-state index in [2.05, 4.69) is 106 Å². The molecule has 0 aliphatic heterocycles. The van der Waals surface area contributed by atoms with Crippen LogP contribution in [0, 0.1) is 0 Å². The van der Waals surface area contributed by atoms with Crippen LogP contribution in [0.1, 0.15) is 355 Å². The highest BCUT2D eigenvalue weighted by Gasteiger charge is 2.19. The van der Waals surface area contributed by atoms with Gasteiger partial charge in [0.1, 0.15) is 13.2 Å². The molecule has 0 spiro atoms. The molecule has 0 heterocycles. The lowest BCUT2D eigenvalue weighted by Gasteiger charge is -2.18. The summed E-state index contributed by atoms with van der Waals surface area (Å²) in [7, 11) is 0. The van der Waals surface area contributed by atoms with Gasteiger partial charge in [0.25, 0.3) is 0 Å². The van der Waals surface area contributed by atoms with Crippen molar-refractivity contribution in [3.8, 4) is 0 Å². The van der Waals surface area contributed by atoms with Gasteiger partial charge in [-0.15, -0.1) is 0 Å². The van der Waals surface area contributed by atoms with Crippen LogP contribution in [0.2, 0.25) is 0 Å². The number of hydrogen-bond donors (Lipinski definition) is 0. The largest absolute Gasteiger partial charge is 0.462 e. The minimum absolute atomic E-state index is 0.0896. The number of allylic oxidation sites excluding steroid dienone is 14. The summed E-state index contributed by atoms with van der Waals surface area (Å²) in [5.74, 6) is -0.929. The molecule has 0 aliphatic rings. The molecule has 0 aliphatic carbocycles. The van der Waals surface area contributed by atoms with Crippen LogP contribution >= 0.6 is 0 Å². The molecule has 0 amide bonds. The second kappa shape index (κ2) is 69.1. The Labute approximate surface area is 503 Å². The molecular formula is C75H132O6. The number of hydrogen-bond acceptors (Lipinski definition) is 6. The summed E-state index contributed by atoms with van der Waals surface area (Å²) in [6.07, 6.45) is 91.8. The number of unbranched alkanes of at least 4 members (excludes halogenated alkanes) is 39. The predicted molar refractivity (Wildman–Crippen MR) is 353 cm³/mol. The molecule has 0 rings (SSSR count). The fourth-order valence-electron chi connectivity index (χ4n) is 10.2. The minimum Gasteiger partial charge on any atom is -0.462 e. The van der Waals surface area contributed by atoms with E-state index in [4.69, 9.17) is 14.2 Å². The first-order chi connectivity index (χ1) is 40.0. The molecule has 0 aromatic rings. The lowest BCUT2D eigenvalue weighted by molar-refractivity contribution is -0.167. The van der Waals surface area contributed by atoms with E-state index < -0.39 is 6.10 Å². The third kappa shape index (κ3) is 67.3. The number of rotatable bonds is 64. The van der Waals surface area contributed by atoms with Crippen molar-refractivity contribution in [1.82, 2.24) is 0 Å². The van der Waals surface area contributed by atoms with Gasteiger partial charge in [0, 0.05) is 19.3 Å². The molecule has 6 heteroatoms. The van der Waals surface area contributed by atoms with Crippen LogP contribution in [0.3, 0.4) is 0 Å². The zero-order chi connectivity index (χ0) is 58.5. The molecule has 468 valence electrons. The van der Waals surface area contributed by atoms with Gasteiger partial charge >= 0.3 is 17.9 Å². The minimum atomic E-state index is -0.799. The Balaban J connectivity index is 4.43. The first kappa shape index (κ1) is 77.6. The summed E-state index contributed by atoms with van der Waals surface area (Å²) < 4.78 is 17.0. The zero-order valence-corrected chi connectivity index (χ0v) is 53.8. The molecule has 0 aromatic carbocycles. The standard InChI is InChI=1S/C75H132O6/c1-4-7-10-13-16-19-22-25-28-31-34-37-38-39-42-44-47-50-53-56-59-62-65-68-74(77)80-71-72(81-75(78)69-66-63-60-57-54-51-48-45-41-36-33-30-27-24-21-18-15-12-9-6-3)70-79-73(76)67-64-61-58-55-52-49-46-43-40-35-32-29-26-23-20-17-14-11-8-5-2/h7,10,16,19,25,28,34,37,39,42,47,50,56,59,72H,4-6,8-9,11-15,17-18,20-24,26-27,29-33,35-36,38,40-41,43-46,48-49,51-55,57-58,60-71H2,1-3H3/b10-7-,19-16-,28-25-,37-34-,42-39-,50-47-,59-56-. The van der Waals surface area contributed by atoms with Gasteiger partial charge in [0.05, 0.1) is 0 Å². The van der Waals surface area contributed by atoms with Crippen molar-refractivity contribution in [3.63, 3.8) is 0 Å². The molecule has 0 saturated heterocycles. The lowest BCUT2D eigenvalue weighted by Crippen LogP contribution is -2.30. The van der Waals surface area contributed by atoms with Gasteiger partial charge in [-0.25, -0.2) is 0 Å². The van der Waals surface area contributed by atoms with E-state index in [0.29, 0.717) is 19.3 Å². The van der Waals surface area contributed by atoms with E-state index in [1.807, 2.05) is 0 Å². The van der Waals surface area contributed by atoms with Gasteiger partial charge in [-0.1, -0.05) is 350 Å². The summed E-state index contributed by atoms with van der Waals surface area (Å²) in [6.45, 7) is 6.54. The van der Waals surface area contributed by atoms with Gasteiger partial charge in [0.2, 0.25) is 0 Å². The highest BCUT2D eigenvalue weighted by Crippen LogP contribution is 2.18. The van der Waals surface area contributed by atoms with Crippen molar-refractivity contribution < 1.29 is 28.6 Å². The van der Waals surface area contributed by atoms with Crippen molar-refractivity contribution in [3.05, 3.63) is 85.1 Å². The number of esters is 3. The Morgan fingerprint density at radius 2 is 0.481 bits per heavy atom. The molecule has 6 nitrogen and oxygen atoms in total. The molecule has 0 aromatic heterocycles. The average Bonchev–Trinajstić information content (AvgIpc) is 3.47. The normalized spacial score (nSPS) is 12.6. The van der Waals surface area contributed by atoms with Crippen molar-refractivity contribution in [2.45, 2.75) is 361 Å². The Hall–Kier alpha value is -3.41. The van der Waals surface area contributed by atoms with Crippen LogP contribution < -0.4 is 0 Å². The van der Waals surface area contributed by atoms with Gasteiger partial charge in [0.15, 0.2) is 6.10 Å². The first-order valence-electron chi connectivity index (χ1n) is 35.1. The third-order valence-electron chi connectivity index (χ3n) is 15.4. The van der Waals surface area contributed by atoms with Gasteiger partial charge in [-0.2, -0.15) is 0 Å². The zero-order valence-electron chi connectivity index (χ0n) is 53.8. The van der Waals surface area contributed by atoms with Gasteiger partial charge in [-0.3, -0.25) is 14.4 Å². The maximum atomic E-state index is 13.0. The Morgan fingerprint density at radius 3 is 0.753 bits per heavy atom. The fraction of sp³-hybridized carbons (Fsp3) is 0.773. The van der Waals surface area contributed by atoms with Crippen molar-refractivity contribution >= 4 is 17.9 Å². The molecule has 0 saturated carbocycles. The molecular weight excluding hydrogens is 997 g/mol.